The van der Waals surface area contributed by atoms with Crippen LogP contribution < -0.4 is 20.2 Å². The maximum absolute atomic E-state index is 12.2. The van der Waals surface area contributed by atoms with Crippen molar-refractivity contribution in [1.29, 1.82) is 0 Å². The molecule has 0 bridgehead atoms. The number of benzene rings is 2. The van der Waals surface area contributed by atoms with Crippen LogP contribution in [0.3, 0.4) is 0 Å². The van der Waals surface area contributed by atoms with Crippen LogP contribution in [-0.4, -0.2) is 30.7 Å². The van der Waals surface area contributed by atoms with Gasteiger partial charge in [0, 0.05) is 26.6 Å². The van der Waals surface area contributed by atoms with Gasteiger partial charge >= 0.3 is 0 Å². The molecule has 0 atom stereocenters. The molecule has 27 heavy (non-hydrogen) atoms. The summed E-state index contributed by atoms with van der Waals surface area (Å²) in [6.07, 6.45) is 0.0566. The third-order valence-corrected chi connectivity index (χ3v) is 4.35. The van der Waals surface area contributed by atoms with E-state index in [2.05, 4.69) is 38.4 Å². The van der Waals surface area contributed by atoms with E-state index in [0.717, 1.165) is 3.57 Å². The minimum absolute atomic E-state index is 0.0566. The van der Waals surface area contributed by atoms with E-state index in [9.17, 15) is 9.59 Å². The number of hydrazone groups is 1. The molecule has 0 aromatic heterocycles. The molecule has 0 radical (unpaired) electrons. The summed E-state index contributed by atoms with van der Waals surface area (Å²) in [5, 5.41) is 6.77. The second kappa shape index (κ2) is 8.85. The van der Waals surface area contributed by atoms with Crippen LogP contribution in [0, 0.1) is 3.57 Å². The molecule has 2 aromatic rings. The first-order valence-electron chi connectivity index (χ1n) is 8.30. The smallest absolute Gasteiger partial charge is 0.271 e. The number of amides is 2. The van der Waals surface area contributed by atoms with Crippen LogP contribution in [0.5, 0.6) is 11.5 Å². The summed E-state index contributed by atoms with van der Waals surface area (Å²) < 4.78 is 11.9. The Hall–Kier alpha value is -2.62. The Morgan fingerprint density at radius 2 is 1.89 bits per heavy atom. The monoisotopic (exact) mass is 479 g/mol. The molecule has 2 N–H and O–H groups in total. The summed E-state index contributed by atoms with van der Waals surface area (Å²) in [7, 11) is 0. The summed E-state index contributed by atoms with van der Waals surface area (Å²) in [5.74, 6) is 0.709. The number of fused-ring (bicyclic) bond motifs is 1. The molecule has 0 aliphatic carbocycles. The van der Waals surface area contributed by atoms with Gasteiger partial charge in [0.15, 0.2) is 11.5 Å². The minimum atomic E-state index is -0.319. The lowest BCUT2D eigenvalue weighted by atomic mass is 10.2. The largest absolute Gasteiger partial charge is 0.486 e. The summed E-state index contributed by atoms with van der Waals surface area (Å²) in [6.45, 7) is 2.68. The van der Waals surface area contributed by atoms with Crippen molar-refractivity contribution in [3.8, 4) is 11.5 Å². The van der Waals surface area contributed by atoms with E-state index < -0.39 is 0 Å². The topological polar surface area (TPSA) is 89.0 Å². The molecule has 1 aliphatic rings. The number of nitrogens with zero attached hydrogens (tertiary/aromatic N) is 1. The fraction of sp³-hybridized carbons (Fsp3) is 0.211. The number of nitrogens with one attached hydrogen (secondary N) is 2. The molecular formula is C19H18IN3O4. The van der Waals surface area contributed by atoms with Crippen LogP contribution in [0.25, 0.3) is 0 Å². The number of hydrogen-bond acceptors (Lipinski definition) is 5. The average Bonchev–Trinajstić information content (AvgIpc) is 2.66. The zero-order chi connectivity index (χ0) is 19.2. The molecule has 0 saturated heterocycles. The highest BCUT2D eigenvalue weighted by Crippen LogP contribution is 2.32. The third kappa shape index (κ3) is 5.43. The highest BCUT2D eigenvalue weighted by molar-refractivity contribution is 14.1. The SMILES string of the molecule is C/C(CC(=O)Nc1ccc2c(c1)OCCO2)=N\NC(=O)c1cccc(I)c1. The molecule has 7 nitrogen and oxygen atoms in total. The quantitative estimate of drug-likeness (QED) is 0.392. The van der Waals surface area contributed by atoms with Crippen LogP contribution in [0.1, 0.15) is 23.7 Å². The number of rotatable bonds is 5. The van der Waals surface area contributed by atoms with Gasteiger partial charge in [-0.15, -0.1) is 0 Å². The third-order valence-electron chi connectivity index (χ3n) is 3.68. The molecule has 140 valence electrons. The number of halogens is 1. The Labute approximate surface area is 170 Å². The standard InChI is InChI=1S/C19H18IN3O4/c1-12(22-23-19(25)13-3-2-4-14(20)10-13)9-18(24)21-15-5-6-16-17(11-15)27-8-7-26-16/h2-6,10-11H,7-9H2,1H3,(H,21,24)(H,23,25)/b22-12+. The molecule has 8 heteroatoms. The van der Waals surface area contributed by atoms with Crippen LogP contribution in [0.2, 0.25) is 0 Å². The van der Waals surface area contributed by atoms with Gasteiger partial charge in [0.2, 0.25) is 5.91 Å². The van der Waals surface area contributed by atoms with Crippen LogP contribution >= 0.6 is 22.6 Å². The van der Waals surface area contributed by atoms with Crippen molar-refractivity contribution < 1.29 is 19.1 Å². The summed E-state index contributed by atoms with van der Waals surface area (Å²) >= 11 is 2.13. The van der Waals surface area contributed by atoms with Crippen LogP contribution in [0.4, 0.5) is 5.69 Å². The Morgan fingerprint density at radius 1 is 1.11 bits per heavy atom. The molecule has 0 fully saturated rings. The van der Waals surface area contributed by atoms with E-state index >= 15 is 0 Å². The average molecular weight is 479 g/mol. The van der Waals surface area contributed by atoms with Gasteiger partial charge in [-0.1, -0.05) is 6.07 Å². The van der Waals surface area contributed by atoms with Gasteiger partial charge in [0.25, 0.3) is 5.91 Å². The molecule has 0 spiro atoms. The first kappa shape index (κ1) is 19.2. The Balaban J connectivity index is 1.54. The lowest BCUT2D eigenvalue weighted by Gasteiger charge is -2.19. The van der Waals surface area contributed by atoms with E-state index in [0.29, 0.717) is 41.7 Å². The lowest BCUT2D eigenvalue weighted by molar-refractivity contribution is -0.115. The van der Waals surface area contributed by atoms with Gasteiger partial charge in [-0.05, 0) is 59.8 Å². The van der Waals surface area contributed by atoms with Gasteiger partial charge in [-0.3, -0.25) is 9.59 Å². The van der Waals surface area contributed by atoms with Crippen molar-refractivity contribution in [2.45, 2.75) is 13.3 Å². The Kier molecular flexibility index (Phi) is 6.28. The molecule has 0 unspecified atom stereocenters. The van der Waals surface area contributed by atoms with E-state index in [1.54, 1.807) is 43.3 Å². The molecule has 3 rings (SSSR count). The zero-order valence-corrected chi connectivity index (χ0v) is 16.8. The summed E-state index contributed by atoms with van der Waals surface area (Å²) in [5.41, 5.74) is 4.08. The first-order chi connectivity index (χ1) is 13.0. The minimum Gasteiger partial charge on any atom is -0.486 e. The van der Waals surface area contributed by atoms with Crippen molar-refractivity contribution >= 4 is 45.8 Å². The first-order valence-corrected chi connectivity index (χ1v) is 9.38. The fourth-order valence-corrected chi connectivity index (χ4v) is 2.98. The normalized spacial score (nSPS) is 13.0. The fourth-order valence-electron chi connectivity index (χ4n) is 2.44. The number of carbonyl (C=O) groups is 2. The molecule has 2 aromatic carbocycles. The second-order valence-corrected chi connectivity index (χ2v) is 7.13. The Morgan fingerprint density at radius 3 is 2.67 bits per heavy atom. The molecule has 0 saturated carbocycles. The van der Waals surface area contributed by atoms with Crippen molar-refractivity contribution in [1.82, 2.24) is 5.43 Å². The Bertz CT molecular complexity index is 898. The predicted octanol–water partition coefficient (Wildman–Crippen LogP) is 3.20. The number of hydrogen-bond donors (Lipinski definition) is 2. The van der Waals surface area contributed by atoms with Crippen molar-refractivity contribution in [2.24, 2.45) is 5.10 Å². The summed E-state index contributed by atoms with van der Waals surface area (Å²) in [4.78, 5) is 24.2. The van der Waals surface area contributed by atoms with E-state index in [1.165, 1.54) is 0 Å². The zero-order valence-electron chi connectivity index (χ0n) is 14.6. The number of anilines is 1. The van der Waals surface area contributed by atoms with Crippen molar-refractivity contribution in [3.63, 3.8) is 0 Å². The highest BCUT2D eigenvalue weighted by Gasteiger charge is 2.13. The van der Waals surface area contributed by atoms with E-state index in [4.69, 9.17) is 9.47 Å². The van der Waals surface area contributed by atoms with Gasteiger partial charge in [0.05, 0.1) is 6.42 Å². The van der Waals surface area contributed by atoms with Crippen molar-refractivity contribution in [3.05, 3.63) is 51.6 Å². The second-order valence-electron chi connectivity index (χ2n) is 5.88. The van der Waals surface area contributed by atoms with Crippen molar-refractivity contribution in [2.75, 3.05) is 18.5 Å². The van der Waals surface area contributed by atoms with Gasteiger partial charge < -0.3 is 14.8 Å². The van der Waals surface area contributed by atoms with Crippen LogP contribution in [-0.2, 0) is 4.79 Å². The maximum atomic E-state index is 12.2. The molecule has 1 heterocycles. The van der Waals surface area contributed by atoms with Gasteiger partial charge in [0.1, 0.15) is 13.2 Å². The number of ether oxygens (including phenoxy) is 2. The lowest BCUT2D eigenvalue weighted by Crippen LogP contribution is -2.21. The molecule has 1 aliphatic heterocycles. The van der Waals surface area contributed by atoms with E-state index in [-0.39, 0.29) is 18.2 Å². The summed E-state index contributed by atoms with van der Waals surface area (Å²) in [6, 6.07) is 12.4. The van der Waals surface area contributed by atoms with E-state index in [1.807, 2.05) is 6.07 Å². The molecular weight excluding hydrogens is 461 g/mol. The number of carbonyl (C=O) groups excluding carboxylic acids is 2. The maximum Gasteiger partial charge on any atom is 0.271 e. The van der Waals surface area contributed by atoms with Gasteiger partial charge in [-0.25, -0.2) is 5.43 Å². The molecule has 2 amide bonds. The van der Waals surface area contributed by atoms with Crippen LogP contribution in [0.15, 0.2) is 47.6 Å². The van der Waals surface area contributed by atoms with Gasteiger partial charge in [-0.2, -0.15) is 5.10 Å². The predicted molar refractivity (Wildman–Crippen MR) is 110 cm³/mol. The highest BCUT2D eigenvalue weighted by atomic mass is 127.